The first kappa shape index (κ1) is 16.5. The van der Waals surface area contributed by atoms with Crippen LogP contribution in [-0.2, 0) is 11.3 Å². The van der Waals surface area contributed by atoms with Gasteiger partial charge in [-0.3, -0.25) is 14.6 Å². The quantitative estimate of drug-likeness (QED) is 0.905. The summed E-state index contributed by atoms with van der Waals surface area (Å²) in [6, 6.07) is 10.9. The molecule has 2 fully saturated rings. The van der Waals surface area contributed by atoms with Gasteiger partial charge in [0.05, 0.1) is 6.04 Å². The minimum Gasteiger partial charge on any atom is -0.351 e. The molecule has 0 radical (unpaired) electrons. The smallest absolute Gasteiger partial charge is 0.237 e. The van der Waals surface area contributed by atoms with E-state index in [2.05, 4.69) is 15.1 Å². The number of benzene rings is 1. The van der Waals surface area contributed by atoms with Crippen LogP contribution >= 0.6 is 0 Å². The van der Waals surface area contributed by atoms with Crippen LogP contribution in [0.3, 0.4) is 0 Å². The Bertz CT molecular complexity index is 491. The molecule has 1 N–H and O–H groups in total. The molecular formula is C19H29N3O. The van der Waals surface area contributed by atoms with Crippen molar-refractivity contribution in [3.63, 3.8) is 0 Å². The first-order chi connectivity index (χ1) is 11.2. The fraction of sp³-hybridized carbons (Fsp3) is 0.632. The maximum absolute atomic E-state index is 12.4. The van der Waals surface area contributed by atoms with E-state index in [-0.39, 0.29) is 11.9 Å². The minimum absolute atomic E-state index is 0.0376. The maximum atomic E-state index is 12.4. The highest BCUT2D eigenvalue weighted by Gasteiger charge is 2.29. The van der Waals surface area contributed by atoms with E-state index >= 15 is 0 Å². The summed E-state index contributed by atoms with van der Waals surface area (Å²) in [5.41, 5.74) is 1.15. The van der Waals surface area contributed by atoms with Crippen molar-refractivity contribution >= 4 is 5.91 Å². The number of nitrogens with zero attached hydrogens (tertiary/aromatic N) is 2. The average molecular weight is 315 g/mol. The van der Waals surface area contributed by atoms with Gasteiger partial charge in [-0.05, 0) is 25.3 Å². The molecule has 4 heteroatoms. The Labute approximate surface area is 139 Å². The van der Waals surface area contributed by atoms with Crippen LogP contribution in [-0.4, -0.2) is 54.0 Å². The molecule has 0 spiro atoms. The molecule has 1 unspecified atom stereocenters. The third kappa shape index (κ3) is 4.33. The van der Waals surface area contributed by atoms with E-state index in [0.29, 0.717) is 6.54 Å². The normalized spacial score (nSPS) is 22.1. The second-order valence-corrected chi connectivity index (χ2v) is 6.89. The summed E-state index contributed by atoms with van der Waals surface area (Å²) < 4.78 is 0. The molecule has 1 aliphatic heterocycles. The number of nitrogens with one attached hydrogen (secondary N) is 1. The van der Waals surface area contributed by atoms with Gasteiger partial charge in [0.1, 0.15) is 0 Å². The van der Waals surface area contributed by atoms with E-state index in [4.69, 9.17) is 0 Å². The van der Waals surface area contributed by atoms with E-state index in [9.17, 15) is 4.79 Å². The summed E-state index contributed by atoms with van der Waals surface area (Å²) in [5, 5.41) is 3.07. The highest BCUT2D eigenvalue weighted by molar-refractivity contribution is 5.81. The first-order valence-corrected chi connectivity index (χ1v) is 9.04. The molecule has 1 amide bonds. The number of carbonyl (C=O) groups is 1. The highest BCUT2D eigenvalue weighted by atomic mass is 16.2. The molecule has 1 heterocycles. The lowest BCUT2D eigenvalue weighted by atomic mass is 10.1. The topological polar surface area (TPSA) is 35.6 Å². The van der Waals surface area contributed by atoms with Crippen molar-refractivity contribution in [2.75, 3.05) is 26.2 Å². The number of hydrogen-bond acceptors (Lipinski definition) is 3. The Morgan fingerprint density at radius 2 is 1.78 bits per heavy atom. The van der Waals surface area contributed by atoms with E-state index in [1.807, 2.05) is 37.3 Å². The van der Waals surface area contributed by atoms with Gasteiger partial charge >= 0.3 is 0 Å². The zero-order chi connectivity index (χ0) is 16.1. The van der Waals surface area contributed by atoms with Gasteiger partial charge in [-0.1, -0.05) is 43.2 Å². The van der Waals surface area contributed by atoms with Crippen LogP contribution in [0.2, 0.25) is 0 Å². The lowest BCUT2D eigenvalue weighted by Gasteiger charge is -2.40. The van der Waals surface area contributed by atoms with Gasteiger partial charge in [0.25, 0.3) is 0 Å². The van der Waals surface area contributed by atoms with Gasteiger partial charge in [-0.2, -0.15) is 0 Å². The van der Waals surface area contributed by atoms with Crippen molar-refractivity contribution < 1.29 is 4.79 Å². The highest BCUT2D eigenvalue weighted by Crippen LogP contribution is 2.24. The van der Waals surface area contributed by atoms with Crippen molar-refractivity contribution in [3.05, 3.63) is 35.9 Å². The molecule has 3 rings (SSSR count). The molecule has 0 bridgehead atoms. The molecule has 4 nitrogen and oxygen atoms in total. The van der Waals surface area contributed by atoms with Gasteiger partial charge in [0.15, 0.2) is 0 Å². The van der Waals surface area contributed by atoms with Gasteiger partial charge in [-0.15, -0.1) is 0 Å². The molecule has 1 saturated heterocycles. The number of amides is 1. The monoisotopic (exact) mass is 315 g/mol. The zero-order valence-corrected chi connectivity index (χ0v) is 14.2. The third-order valence-corrected chi connectivity index (χ3v) is 5.43. The van der Waals surface area contributed by atoms with E-state index in [1.165, 1.54) is 25.7 Å². The molecule has 1 atom stereocenters. The molecule has 1 aromatic carbocycles. The number of rotatable bonds is 5. The van der Waals surface area contributed by atoms with Gasteiger partial charge < -0.3 is 5.32 Å². The first-order valence-electron chi connectivity index (χ1n) is 9.04. The summed E-state index contributed by atoms with van der Waals surface area (Å²) >= 11 is 0. The Balaban J connectivity index is 1.43. The summed E-state index contributed by atoms with van der Waals surface area (Å²) in [4.78, 5) is 17.3. The number of piperazine rings is 1. The lowest BCUT2D eigenvalue weighted by Crippen LogP contribution is -2.55. The summed E-state index contributed by atoms with van der Waals surface area (Å²) in [7, 11) is 0. The Morgan fingerprint density at radius 1 is 1.13 bits per heavy atom. The molecular weight excluding hydrogens is 286 g/mol. The van der Waals surface area contributed by atoms with E-state index < -0.39 is 0 Å². The number of hydrogen-bond donors (Lipinski definition) is 1. The molecule has 126 valence electrons. The minimum atomic E-state index is -0.0376. The largest absolute Gasteiger partial charge is 0.351 e. The van der Waals surface area contributed by atoms with Crippen LogP contribution in [0, 0.1) is 0 Å². The summed E-state index contributed by atoms with van der Waals surface area (Å²) in [6.07, 6.45) is 5.52. The summed E-state index contributed by atoms with van der Waals surface area (Å²) in [5.74, 6) is 0.142. The molecule has 0 aromatic heterocycles. The van der Waals surface area contributed by atoms with Crippen molar-refractivity contribution in [1.29, 1.82) is 0 Å². The molecule has 23 heavy (non-hydrogen) atoms. The maximum Gasteiger partial charge on any atom is 0.237 e. The third-order valence-electron chi connectivity index (χ3n) is 5.43. The van der Waals surface area contributed by atoms with Crippen molar-refractivity contribution in [3.8, 4) is 0 Å². The fourth-order valence-corrected chi connectivity index (χ4v) is 3.86. The van der Waals surface area contributed by atoms with Gasteiger partial charge in [0.2, 0.25) is 5.91 Å². The van der Waals surface area contributed by atoms with Crippen LogP contribution < -0.4 is 5.32 Å². The van der Waals surface area contributed by atoms with Crippen molar-refractivity contribution in [2.45, 2.75) is 51.2 Å². The predicted molar refractivity (Wildman–Crippen MR) is 93.2 cm³/mol. The Hall–Kier alpha value is -1.39. The summed E-state index contributed by atoms with van der Waals surface area (Å²) in [6.45, 7) is 6.90. The van der Waals surface area contributed by atoms with Crippen LogP contribution in [0.25, 0.3) is 0 Å². The molecule has 1 aromatic rings. The molecule has 1 aliphatic carbocycles. The average Bonchev–Trinajstić information content (AvgIpc) is 3.15. The van der Waals surface area contributed by atoms with Crippen LogP contribution in [0.5, 0.6) is 0 Å². The number of carbonyl (C=O) groups excluding carboxylic acids is 1. The second-order valence-electron chi connectivity index (χ2n) is 6.89. The Morgan fingerprint density at radius 3 is 2.43 bits per heavy atom. The van der Waals surface area contributed by atoms with Crippen molar-refractivity contribution in [2.24, 2.45) is 0 Å². The predicted octanol–water partition coefficient (Wildman–Crippen LogP) is 2.25. The van der Waals surface area contributed by atoms with Gasteiger partial charge in [0, 0.05) is 38.8 Å². The van der Waals surface area contributed by atoms with Crippen LogP contribution in [0.4, 0.5) is 0 Å². The SMILES string of the molecule is CC(C(=O)NCc1ccccc1)N1CCN(C2CCCC2)CC1. The van der Waals surface area contributed by atoms with Crippen LogP contribution in [0.1, 0.15) is 38.2 Å². The standard InChI is InChI=1S/C19H29N3O/c1-16(19(23)20-15-17-7-3-2-4-8-17)21-11-13-22(14-12-21)18-9-5-6-10-18/h2-4,7-8,16,18H,5-6,9-15H2,1H3,(H,20,23). The van der Waals surface area contributed by atoms with Crippen LogP contribution in [0.15, 0.2) is 30.3 Å². The van der Waals surface area contributed by atoms with E-state index in [0.717, 1.165) is 37.8 Å². The Kier molecular flexibility index (Phi) is 5.68. The molecule has 1 saturated carbocycles. The van der Waals surface area contributed by atoms with E-state index in [1.54, 1.807) is 0 Å². The zero-order valence-electron chi connectivity index (χ0n) is 14.2. The second kappa shape index (κ2) is 7.93. The van der Waals surface area contributed by atoms with Crippen molar-refractivity contribution in [1.82, 2.24) is 15.1 Å². The lowest BCUT2D eigenvalue weighted by molar-refractivity contribution is -0.126. The fourth-order valence-electron chi connectivity index (χ4n) is 3.86. The molecule has 2 aliphatic rings. The van der Waals surface area contributed by atoms with Gasteiger partial charge in [-0.25, -0.2) is 0 Å².